The van der Waals surface area contributed by atoms with Gasteiger partial charge in [-0.1, -0.05) is 29.3 Å². The Kier molecular flexibility index (Phi) is 6.07. The number of carbonyl (C=O) groups excluding carboxylic acids is 1. The van der Waals surface area contributed by atoms with E-state index >= 15 is 0 Å². The fraction of sp³-hybridized carbons (Fsp3) is 0.350. The van der Waals surface area contributed by atoms with Crippen LogP contribution in [0.4, 0.5) is 11.4 Å². The van der Waals surface area contributed by atoms with E-state index in [4.69, 9.17) is 23.2 Å². The van der Waals surface area contributed by atoms with Gasteiger partial charge in [0.1, 0.15) is 0 Å². The number of amides is 1. The predicted octanol–water partition coefficient (Wildman–Crippen LogP) is 4.23. The van der Waals surface area contributed by atoms with Crippen molar-refractivity contribution in [2.75, 3.05) is 43.4 Å². The molecule has 2 aromatic carbocycles. The fourth-order valence-electron chi connectivity index (χ4n) is 3.08. The normalized spacial score (nSPS) is 15.2. The molecular formula is C20H23Cl2N3O. The Morgan fingerprint density at radius 2 is 1.77 bits per heavy atom. The highest BCUT2D eigenvalue weighted by Gasteiger charge is 2.15. The molecule has 1 fully saturated rings. The molecule has 1 saturated heterocycles. The van der Waals surface area contributed by atoms with Gasteiger partial charge in [0.15, 0.2) is 0 Å². The van der Waals surface area contributed by atoms with Crippen LogP contribution in [0.5, 0.6) is 0 Å². The van der Waals surface area contributed by atoms with E-state index in [0.29, 0.717) is 10.0 Å². The first-order valence-electron chi connectivity index (χ1n) is 8.70. The van der Waals surface area contributed by atoms with Gasteiger partial charge in [0.05, 0.1) is 16.5 Å². The molecule has 1 aliphatic rings. The number of nitrogens with zero attached hydrogens (tertiary/aromatic N) is 2. The summed E-state index contributed by atoms with van der Waals surface area (Å²) in [5.41, 5.74) is 3.94. The van der Waals surface area contributed by atoms with E-state index in [-0.39, 0.29) is 12.3 Å². The van der Waals surface area contributed by atoms with Crippen molar-refractivity contribution in [2.45, 2.75) is 13.3 Å². The second-order valence-corrected chi connectivity index (χ2v) is 7.58. The van der Waals surface area contributed by atoms with Gasteiger partial charge in [-0.05, 0) is 55.4 Å². The third-order valence-corrected chi connectivity index (χ3v) is 5.44. The lowest BCUT2D eigenvalue weighted by atomic mass is 10.1. The lowest BCUT2D eigenvalue weighted by Crippen LogP contribution is -2.44. The number of halogens is 2. The topological polar surface area (TPSA) is 35.6 Å². The zero-order valence-electron chi connectivity index (χ0n) is 15.1. The van der Waals surface area contributed by atoms with Crippen LogP contribution in [0, 0.1) is 6.92 Å². The highest BCUT2D eigenvalue weighted by atomic mass is 35.5. The highest BCUT2D eigenvalue weighted by Crippen LogP contribution is 2.25. The Morgan fingerprint density at radius 1 is 1.04 bits per heavy atom. The zero-order chi connectivity index (χ0) is 18.7. The average Bonchev–Trinajstić information content (AvgIpc) is 2.60. The van der Waals surface area contributed by atoms with E-state index in [1.54, 1.807) is 12.1 Å². The lowest BCUT2D eigenvalue weighted by molar-refractivity contribution is -0.115. The molecule has 3 rings (SSSR count). The summed E-state index contributed by atoms with van der Waals surface area (Å²) >= 11 is 11.9. The number of hydrogen-bond donors (Lipinski definition) is 1. The van der Waals surface area contributed by atoms with Gasteiger partial charge in [-0.2, -0.15) is 0 Å². The minimum atomic E-state index is -0.0705. The number of benzene rings is 2. The monoisotopic (exact) mass is 391 g/mol. The van der Waals surface area contributed by atoms with Gasteiger partial charge < -0.3 is 15.1 Å². The van der Waals surface area contributed by atoms with Crippen molar-refractivity contribution in [1.82, 2.24) is 4.90 Å². The number of nitrogens with one attached hydrogen (secondary N) is 1. The van der Waals surface area contributed by atoms with Crippen molar-refractivity contribution >= 4 is 40.5 Å². The molecule has 2 aromatic rings. The van der Waals surface area contributed by atoms with Gasteiger partial charge >= 0.3 is 0 Å². The molecule has 1 heterocycles. The zero-order valence-corrected chi connectivity index (χ0v) is 16.6. The molecule has 0 saturated carbocycles. The first-order valence-corrected chi connectivity index (χ1v) is 9.46. The van der Waals surface area contributed by atoms with Gasteiger partial charge in [0.25, 0.3) is 0 Å². The molecule has 26 heavy (non-hydrogen) atoms. The molecule has 1 amide bonds. The molecule has 0 aliphatic carbocycles. The van der Waals surface area contributed by atoms with Crippen LogP contribution in [0.1, 0.15) is 11.1 Å². The summed E-state index contributed by atoms with van der Waals surface area (Å²) in [5, 5.41) is 3.94. The second-order valence-electron chi connectivity index (χ2n) is 6.76. The third kappa shape index (κ3) is 4.70. The third-order valence-electron chi connectivity index (χ3n) is 4.70. The average molecular weight is 392 g/mol. The quantitative estimate of drug-likeness (QED) is 0.846. The minimum absolute atomic E-state index is 0.0705. The Morgan fingerprint density at radius 3 is 2.42 bits per heavy atom. The molecule has 0 bridgehead atoms. The smallest absolute Gasteiger partial charge is 0.228 e. The van der Waals surface area contributed by atoms with Gasteiger partial charge in [0.2, 0.25) is 5.91 Å². The second kappa shape index (κ2) is 8.30. The predicted molar refractivity (Wildman–Crippen MR) is 110 cm³/mol. The fourth-order valence-corrected chi connectivity index (χ4v) is 3.40. The summed E-state index contributed by atoms with van der Waals surface area (Å²) in [4.78, 5) is 17.1. The molecule has 138 valence electrons. The maximum Gasteiger partial charge on any atom is 0.228 e. The largest absolute Gasteiger partial charge is 0.369 e. The Balaban J connectivity index is 1.64. The van der Waals surface area contributed by atoms with Crippen molar-refractivity contribution in [1.29, 1.82) is 0 Å². The van der Waals surface area contributed by atoms with Crippen molar-refractivity contribution in [3.05, 3.63) is 57.6 Å². The lowest BCUT2D eigenvalue weighted by Gasteiger charge is -2.34. The van der Waals surface area contributed by atoms with Crippen LogP contribution in [-0.4, -0.2) is 44.0 Å². The number of likely N-dealkylation sites (N-methyl/N-ethyl adjacent to an activating group) is 1. The van der Waals surface area contributed by atoms with Crippen LogP contribution in [0.15, 0.2) is 36.4 Å². The number of piperazine rings is 1. The van der Waals surface area contributed by atoms with E-state index in [1.165, 1.54) is 5.69 Å². The van der Waals surface area contributed by atoms with Crippen molar-refractivity contribution < 1.29 is 4.79 Å². The van der Waals surface area contributed by atoms with Crippen LogP contribution in [0.2, 0.25) is 10.0 Å². The van der Waals surface area contributed by atoms with Crippen molar-refractivity contribution in [3.8, 4) is 0 Å². The van der Waals surface area contributed by atoms with Crippen LogP contribution in [0.25, 0.3) is 0 Å². The molecule has 1 N–H and O–H groups in total. The maximum absolute atomic E-state index is 12.3. The van der Waals surface area contributed by atoms with E-state index in [0.717, 1.165) is 43.0 Å². The van der Waals surface area contributed by atoms with Gasteiger partial charge in [-0.25, -0.2) is 0 Å². The number of rotatable bonds is 4. The molecular weight excluding hydrogens is 369 g/mol. The Bertz CT molecular complexity index is 802. The van der Waals surface area contributed by atoms with Gasteiger partial charge in [-0.15, -0.1) is 0 Å². The molecule has 4 nitrogen and oxygen atoms in total. The highest BCUT2D eigenvalue weighted by molar-refractivity contribution is 6.42. The SMILES string of the molecule is Cc1cc(N2CCN(C)CC2)ccc1NC(=O)Cc1ccc(Cl)c(Cl)c1. The summed E-state index contributed by atoms with van der Waals surface area (Å²) in [6.45, 7) is 6.22. The summed E-state index contributed by atoms with van der Waals surface area (Å²) in [7, 11) is 2.15. The van der Waals surface area contributed by atoms with E-state index in [9.17, 15) is 4.79 Å². The molecule has 0 aromatic heterocycles. The van der Waals surface area contributed by atoms with E-state index < -0.39 is 0 Å². The number of aryl methyl sites for hydroxylation is 1. The molecule has 0 atom stereocenters. The van der Waals surface area contributed by atoms with E-state index in [1.807, 2.05) is 19.1 Å². The minimum Gasteiger partial charge on any atom is -0.369 e. The van der Waals surface area contributed by atoms with Crippen LogP contribution < -0.4 is 10.2 Å². The van der Waals surface area contributed by atoms with Gasteiger partial charge in [-0.3, -0.25) is 4.79 Å². The first kappa shape index (κ1) is 19.0. The first-order chi connectivity index (χ1) is 12.4. The van der Waals surface area contributed by atoms with Crippen LogP contribution in [-0.2, 0) is 11.2 Å². The molecule has 1 aliphatic heterocycles. The summed E-state index contributed by atoms with van der Waals surface area (Å²) in [5.74, 6) is -0.0705. The molecule has 0 radical (unpaired) electrons. The maximum atomic E-state index is 12.3. The van der Waals surface area contributed by atoms with Crippen LogP contribution in [0.3, 0.4) is 0 Å². The van der Waals surface area contributed by atoms with Crippen LogP contribution >= 0.6 is 23.2 Å². The number of hydrogen-bond acceptors (Lipinski definition) is 3. The van der Waals surface area contributed by atoms with Crippen molar-refractivity contribution in [3.63, 3.8) is 0 Å². The Labute approximate surface area is 164 Å². The number of anilines is 2. The summed E-state index contributed by atoms with van der Waals surface area (Å²) in [6.07, 6.45) is 0.260. The summed E-state index contributed by atoms with van der Waals surface area (Å²) in [6, 6.07) is 11.5. The van der Waals surface area contributed by atoms with E-state index in [2.05, 4.69) is 34.3 Å². The van der Waals surface area contributed by atoms with Gasteiger partial charge in [0, 0.05) is 37.6 Å². The molecule has 0 spiro atoms. The molecule has 6 heteroatoms. The van der Waals surface area contributed by atoms with Crippen molar-refractivity contribution in [2.24, 2.45) is 0 Å². The standard InChI is InChI=1S/C20H23Cl2N3O/c1-14-11-16(25-9-7-24(2)8-10-25)4-6-19(14)23-20(26)13-15-3-5-17(21)18(22)12-15/h3-6,11-12H,7-10,13H2,1-2H3,(H,23,26). The molecule has 0 unspecified atom stereocenters. The summed E-state index contributed by atoms with van der Waals surface area (Å²) < 4.78 is 0. The number of carbonyl (C=O) groups is 1. The Hall–Kier alpha value is -1.75.